The first-order chi connectivity index (χ1) is 9.70. The van der Waals surface area contributed by atoms with Crippen molar-refractivity contribution in [2.24, 2.45) is 0 Å². The van der Waals surface area contributed by atoms with Crippen LogP contribution in [0.15, 0.2) is 42.7 Å². The van der Waals surface area contributed by atoms with Gasteiger partial charge in [0.2, 0.25) is 0 Å². The fourth-order valence-corrected chi connectivity index (χ4v) is 2.00. The number of hydrogen-bond donors (Lipinski definition) is 1. The zero-order valence-electron chi connectivity index (χ0n) is 11.0. The van der Waals surface area contributed by atoms with Crippen LogP contribution in [-0.4, -0.2) is 11.5 Å². The molecule has 0 unspecified atom stereocenters. The van der Waals surface area contributed by atoms with E-state index in [4.69, 9.17) is 11.0 Å². The summed E-state index contributed by atoms with van der Waals surface area (Å²) in [7, 11) is 0. The van der Waals surface area contributed by atoms with Crippen LogP contribution >= 0.6 is 0 Å². The Hall–Kier alpha value is -2.61. The van der Waals surface area contributed by atoms with Crippen molar-refractivity contribution in [2.75, 3.05) is 17.2 Å². The lowest BCUT2D eigenvalue weighted by Gasteiger charge is -2.25. The minimum Gasteiger partial charge on any atom is -0.397 e. The van der Waals surface area contributed by atoms with Crippen LogP contribution in [0.2, 0.25) is 0 Å². The van der Waals surface area contributed by atoms with Gasteiger partial charge in [0.1, 0.15) is 5.82 Å². The molecule has 0 saturated carbocycles. The van der Waals surface area contributed by atoms with Gasteiger partial charge in [-0.2, -0.15) is 5.26 Å². The van der Waals surface area contributed by atoms with Gasteiger partial charge >= 0.3 is 0 Å². The molecule has 1 heterocycles. The SMILES string of the molecule is N#CCCN(Cc1cccnc1)c1ccc(F)cc1N. The van der Waals surface area contributed by atoms with E-state index in [1.165, 1.54) is 12.1 Å². The Kier molecular flexibility index (Phi) is 4.51. The summed E-state index contributed by atoms with van der Waals surface area (Å²) in [4.78, 5) is 6.02. The molecule has 0 atom stereocenters. The van der Waals surface area contributed by atoms with Crippen LogP contribution in [0.4, 0.5) is 15.8 Å². The summed E-state index contributed by atoms with van der Waals surface area (Å²) in [5, 5.41) is 8.76. The monoisotopic (exact) mass is 270 g/mol. The molecular weight excluding hydrogens is 255 g/mol. The number of hydrogen-bond acceptors (Lipinski definition) is 4. The minimum absolute atomic E-state index is 0.367. The van der Waals surface area contributed by atoms with Gasteiger partial charge in [-0.15, -0.1) is 0 Å². The molecule has 0 aliphatic rings. The molecule has 0 bridgehead atoms. The van der Waals surface area contributed by atoms with Crippen molar-refractivity contribution in [1.82, 2.24) is 4.98 Å². The fourth-order valence-electron chi connectivity index (χ4n) is 2.00. The first-order valence-electron chi connectivity index (χ1n) is 6.26. The van der Waals surface area contributed by atoms with Crippen molar-refractivity contribution in [2.45, 2.75) is 13.0 Å². The van der Waals surface area contributed by atoms with E-state index >= 15 is 0 Å². The van der Waals surface area contributed by atoms with Gasteiger partial charge in [-0.1, -0.05) is 6.07 Å². The Morgan fingerprint density at radius 1 is 1.35 bits per heavy atom. The maximum Gasteiger partial charge on any atom is 0.125 e. The summed E-state index contributed by atoms with van der Waals surface area (Å²) < 4.78 is 13.1. The fraction of sp³-hybridized carbons (Fsp3) is 0.200. The Balaban J connectivity index is 2.25. The molecule has 2 aromatic rings. The average molecular weight is 270 g/mol. The van der Waals surface area contributed by atoms with E-state index < -0.39 is 0 Å². The average Bonchev–Trinajstić information content (AvgIpc) is 2.45. The molecule has 2 N–H and O–H groups in total. The van der Waals surface area contributed by atoms with Crippen LogP contribution in [0.5, 0.6) is 0 Å². The number of nitrogens with two attached hydrogens (primary N) is 1. The van der Waals surface area contributed by atoms with Crippen LogP contribution in [0.1, 0.15) is 12.0 Å². The van der Waals surface area contributed by atoms with E-state index in [0.29, 0.717) is 25.2 Å². The molecule has 1 aromatic carbocycles. The van der Waals surface area contributed by atoms with Crippen molar-refractivity contribution in [1.29, 1.82) is 5.26 Å². The smallest absolute Gasteiger partial charge is 0.125 e. The van der Waals surface area contributed by atoms with Crippen molar-refractivity contribution >= 4 is 11.4 Å². The number of pyridine rings is 1. The molecule has 20 heavy (non-hydrogen) atoms. The van der Waals surface area contributed by atoms with E-state index in [0.717, 1.165) is 11.3 Å². The van der Waals surface area contributed by atoms with Gasteiger partial charge < -0.3 is 10.6 Å². The van der Waals surface area contributed by atoms with Gasteiger partial charge in [0.15, 0.2) is 0 Å². The van der Waals surface area contributed by atoms with Crippen LogP contribution in [-0.2, 0) is 6.54 Å². The van der Waals surface area contributed by atoms with E-state index in [2.05, 4.69) is 11.1 Å². The molecule has 0 amide bonds. The first-order valence-corrected chi connectivity index (χ1v) is 6.26. The molecule has 0 radical (unpaired) electrons. The second kappa shape index (κ2) is 6.53. The highest BCUT2D eigenvalue weighted by Crippen LogP contribution is 2.25. The third-order valence-corrected chi connectivity index (χ3v) is 2.92. The van der Waals surface area contributed by atoms with Crippen molar-refractivity contribution in [3.05, 3.63) is 54.1 Å². The minimum atomic E-state index is -0.368. The second-order valence-electron chi connectivity index (χ2n) is 4.39. The standard InChI is InChI=1S/C15H15FN4/c16-13-4-5-15(14(18)9-13)20(8-2-6-17)11-12-3-1-7-19-10-12/h1,3-5,7,9-10H,2,8,11,18H2. The number of anilines is 2. The summed E-state index contributed by atoms with van der Waals surface area (Å²) in [5.41, 5.74) is 7.97. The lowest BCUT2D eigenvalue weighted by atomic mass is 10.2. The number of nitrogens with zero attached hydrogens (tertiary/aromatic N) is 3. The zero-order chi connectivity index (χ0) is 14.4. The maximum atomic E-state index is 13.1. The summed E-state index contributed by atoms with van der Waals surface area (Å²) >= 11 is 0. The third-order valence-electron chi connectivity index (χ3n) is 2.92. The Morgan fingerprint density at radius 2 is 2.20 bits per heavy atom. The van der Waals surface area contributed by atoms with Gasteiger partial charge in [-0.3, -0.25) is 4.98 Å². The third kappa shape index (κ3) is 3.45. The summed E-state index contributed by atoms with van der Waals surface area (Å²) in [6.07, 6.45) is 3.84. The number of nitrogen functional groups attached to an aromatic ring is 1. The number of rotatable bonds is 5. The van der Waals surface area contributed by atoms with Crippen molar-refractivity contribution in [3.63, 3.8) is 0 Å². The predicted molar refractivity (Wildman–Crippen MR) is 76.3 cm³/mol. The van der Waals surface area contributed by atoms with E-state index in [1.54, 1.807) is 18.5 Å². The highest BCUT2D eigenvalue weighted by Gasteiger charge is 2.11. The molecule has 102 valence electrons. The molecule has 5 heteroatoms. The molecule has 0 aliphatic heterocycles. The lowest BCUT2D eigenvalue weighted by Crippen LogP contribution is -2.24. The number of nitriles is 1. The summed E-state index contributed by atoms with van der Waals surface area (Å²) in [5.74, 6) is -0.368. The normalized spacial score (nSPS) is 10.0. The molecule has 0 saturated heterocycles. The Labute approximate surface area is 117 Å². The van der Waals surface area contributed by atoms with Crippen molar-refractivity contribution in [3.8, 4) is 6.07 Å². The van der Waals surface area contributed by atoms with Gasteiger partial charge in [0, 0.05) is 25.5 Å². The second-order valence-corrected chi connectivity index (χ2v) is 4.39. The number of aromatic nitrogens is 1. The topological polar surface area (TPSA) is 65.9 Å². The maximum absolute atomic E-state index is 13.1. The quantitative estimate of drug-likeness (QED) is 0.848. The Bertz CT molecular complexity index is 607. The Morgan fingerprint density at radius 3 is 2.85 bits per heavy atom. The van der Waals surface area contributed by atoms with Crippen LogP contribution in [0.3, 0.4) is 0 Å². The summed E-state index contributed by atoms with van der Waals surface area (Å²) in [6.45, 7) is 1.10. The van der Waals surface area contributed by atoms with Gasteiger partial charge in [0.25, 0.3) is 0 Å². The zero-order valence-corrected chi connectivity index (χ0v) is 11.0. The van der Waals surface area contributed by atoms with Crippen LogP contribution in [0, 0.1) is 17.1 Å². The lowest BCUT2D eigenvalue weighted by molar-refractivity contribution is 0.628. The molecule has 2 rings (SSSR count). The molecule has 1 aromatic heterocycles. The highest BCUT2D eigenvalue weighted by molar-refractivity contribution is 5.67. The predicted octanol–water partition coefficient (Wildman–Crippen LogP) is 2.72. The molecule has 0 spiro atoms. The largest absolute Gasteiger partial charge is 0.397 e. The van der Waals surface area contributed by atoms with Crippen LogP contribution < -0.4 is 10.6 Å². The highest BCUT2D eigenvalue weighted by atomic mass is 19.1. The van der Waals surface area contributed by atoms with Gasteiger partial charge in [-0.05, 0) is 29.8 Å². The van der Waals surface area contributed by atoms with Gasteiger partial charge in [-0.25, -0.2) is 4.39 Å². The number of benzene rings is 1. The van der Waals surface area contributed by atoms with Crippen molar-refractivity contribution < 1.29 is 4.39 Å². The van der Waals surface area contributed by atoms with Gasteiger partial charge in [0.05, 0.1) is 23.9 Å². The number of halogens is 1. The molecule has 0 fully saturated rings. The molecular formula is C15H15FN4. The van der Waals surface area contributed by atoms with E-state index in [-0.39, 0.29) is 5.82 Å². The van der Waals surface area contributed by atoms with Crippen LogP contribution in [0.25, 0.3) is 0 Å². The molecule has 4 nitrogen and oxygen atoms in total. The van der Waals surface area contributed by atoms with E-state index in [1.807, 2.05) is 17.0 Å². The summed E-state index contributed by atoms with van der Waals surface area (Å²) in [6, 6.07) is 10.2. The van der Waals surface area contributed by atoms with E-state index in [9.17, 15) is 4.39 Å². The molecule has 0 aliphatic carbocycles. The first kappa shape index (κ1) is 13.8.